The number of methoxy groups -OCH3 is 1. The molecule has 0 unspecified atom stereocenters. The van der Waals surface area contributed by atoms with Gasteiger partial charge in [0.05, 0.1) is 13.2 Å². The summed E-state index contributed by atoms with van der Waals surface area (Å²) in [6, 6.07) is 6.18. The number of hydrogen-bond acceptors (Lipinski definition) is 3. The van der Waals surface area contributed by atoms with Crippen LogP contribution in [0.15, 0.2) is 24.4 Å². The van der Waals surface area contributed by atoms with Crippen molar-refractivity contribution in [3.8, 4) is 5.88 Å². The second-order valence-electron chi connectivity index (χ2n) is 6.31. The number of ether oxygens (including phenoxy) is 1. The fourth-order valence-corrected chi connectivity index (χ4v) is 3.77. The number of rotatable bonds is 2. The summed E-state index contributed by atoms with van der Waals surface area (Å²) in [6.07, 6.45) is 5.17. The van der Waals surface area contributed by atoms with Gasteiger partial charge in [-0.05, 0) is 49.9 Å². The SMILES string of the molecule is COc1nc2c(cc1C(=O)N1CCn3cccc3[C@H]1C)CCC2. The Morgan fingerprint density at radius 3 is 3.04 bits per heavy atom. The van der Waals surface area contributed by atoms with Gasteiger partial charge in [0.25, 0.3) is 5.91 Å². The lowest BCUT2D eigenvalue weighted by Gasteiger charge is -2.35. The van der Waals surface area contributed by atoms with Gasteiger partial charge in [0.1, 0.15) is 5.56 Å². The number of pyridine rings is 1. The Morgan fingerprint density at radius 1 is 1.35 bits per heavy atom. The Hall–Kier alpha value is -2.30. The van der Waals surface area contributed by atoms with Crippen LogP contribution in [-0.2, 0) is 19.4 Å². The molecule has 5 heteroatoms. The highest BCUT2D eigenvalue weighted by Crippen LogP contribution is 2.31. The van der Waals surface area contributed by atoms with Crippen molar-refractivity contribution in [2.75, 3.05) is 13.7 Å². The molecule has 4 rings (SSSR count). The average Bonchev–Trinajstić information content (AvgIpc) is 3.22. The molecule has 0 saturated carbocycles. The molecule has 23 heavy (non-hydrogen) atoms. The molecular formula is C18H21N3O2. The fraction of sp³-hybridized carbons (Fsp3) is 0.444. The number of nitrogens with zero attached hydrogens (tertiary/aromatic N) is 3. The van der Waals surface area contributed by atoms with Gasteiger partial charge in [-0.3, -0.25) is 4.79 Å². The van der Waals surface area contributed by atoms with Crippen molar-refractivity contribution in [3.05, 3.63) is 46.9 Å². The number of aromatic nitrogens is 2. The van der Waals surface area contributed by atoms with Gasteiger partial charge in [0.15, 0.2) is 0 Å². The molecule has 1 aliphatic carbocycles. The lowest BCUT2D eigenvalue weighted by Crippen LogP contribution is -2.41. The van der Waals surface area contributed by atoms with E-state index in [0.717, 1.165) is 31.5 Å². The van der Waals surface area contributed by atoms with Gasteiger partial charge in [0, 0.05) is 30.7 Å². The quantitative estimate of drug-likeness (QED) is 0.856. The van der Waals surface area contributed by atoms with Crippen LogP contribution in [0.25, 0.3) is 0 Å². The van der Waals surface area contributed by atoms with E-state index in [0.29, 0.717) is 18.0 Å². The third kappa shape index (κ3) is 2.22. The molecule has 1 atom stereocenters. The van der Waals surface area contributed by atoms with Crippen LogP contribution < -0.4 is 4.74 Å². The average molecular weight is 311 g/mol. The molecule has 2 aromatic rings. The van der Waals surface area contributed by atoms with E-state index in [1.165, 1.54) is 11.3 Å². The number of amides is 1. The summed E-state index contributed by atoms with van der Waals surface area (Å²) in [5.74, 6) is 0.479. The predicted octanol–water partition coefficient (Wildman–Crippen LogP) is 2.60. The summed E-state index contributed by atoms with van der Waals surface area (Å²) < 4.78 is 7.62. The molecule has 5 nitrogen and oxygen atoms in total. The third-order valence-corrected chi connectivity index (χ3v) is 5.04. The van der Waals surface area contributed by atoms with E-state index in [4.69, 9.17) is 4.74 Å². The zero-order chi connectivity index (χ0) is 16.0. The van der Waals surface area contributed by atoms with Crippen LogP contribution in [0.4, 0.5) is 0 Å². The smallest absolute Gasteiger partial charge is 0.259 e. The third-order valence-electron chi connectivity index (χ3n) is 5.04. The van der Waals surface area contributed by atoms with Crippen molar-refractivity contribution in [2.24, 2.45) is 0 Å². The molecule has 1 aliphatic heterocycles. The van der Waals surface area contributed by atoms with Crippen molar-refractivity contribution < 1.29 is 9.53 Å². The molecule has 1 amide bonds. The maximum absolute atomic E-state index is 13.1. The molecule has 2 aliphatic rings. The lowest BCUT2D eigenvalue weighted by atomic mass is 10.1. The molecule has 0 spiro atoms. The van der Waals surface area contributed by atoms with Gasteiger partial charge in [-0.1, -0.05) is 0 Å². The predicted molar refractivity (Wildman–Crippen MR) is 86.7 cm³/mol. The molecule has 0 radical (unpaired) electrons. The van der Waals surface area contributed by atoms with Crippen LogP contribution >= 0.6 is 0 Å². The van der Waals surface area contributed by atoms with Gasteiger partial charge >= 0.3 is 0 Å². The Balaban J connectivity index is 1.70. The van der Waals surface area contributed by atoms with Crippen LogP contribution in [0, 0.1) is 0 Å². The number of hydrogen-bond donors (Lipinski definition) is 0. The van der Waals surface area contributed by atoms with E-state index in [2.05, 4.69) is 28.7 Å². The van der Waals surface area contributed by atoms with Gasteiger partial charge in [-0.15, -0.1) is 0 Å². The second kappa shape index (κ2) is 5.41. The second-order valence-corrected chi connectivity index (χ2v) is 6.31. The Labute approximate surface area is 135 Å². The van der Waals surface area contributed by atoms with Crippen molar-refractivity contribution >= 4 is 5.91 Å². The van der Waals surface area contributed by atoms with Crippen LogP contribution in [0.5, 0.6) is 5.88 Å². The first-order chi connectivity index (χ1) is 11.2. The van der Waals surface area contributed by atoms with Crippen molar-refractivity contribution in [3.63, 3.8) is 0 Å². The monoisotopic (exact) mass is 311 g/mol. The maximum Gasteiger partial charge on any atom is 0.259 e. The lowest BCUT2D eigenvalue weighted by molar-refractivity contribution is 0.0639. The first-order valence-corrected chi connectivity index (χ1v) is 8.22. The van der Waals surface area contributed by atoms with Crippen LogP contribution in [0.1, 0.15) is 46.7 Å². The van der Waals surface area contributed by atoms with E-state index >= 15 is 0 Å². The number of carbonyl (C=O) groups excluding carboxylic acids is 1. The molecule has 0 bridgehead atoms. The fourth-order valence-electron chi connectivity index (χ4n) is 3.77. The van der Waals surface area contributed by atoms with Crippen LogP contribution in [0.2, 0.25) is 0 Å². The summed E-state index contributed by atoms with van der Waals surface area (Å²) in [6.45, 7) is 3.62. The van der Waals surface area contributed by atoms with Crippen molar-refractivity contribution in [2.45, 2.75) is 38.8 Å². The first-order valence-electron chi connectivity index (χ1n) is 8.22. The highest BCUT2D eigenvalue weighted by Gasteiger charge is 2.31. The molecule has 120 valence electrons. The molecule has 0 saturated heterocycles. The summed E-state index contributed by atoms with van der Waals surface area (Å²) in [5.41, 5.74) is 4.05. The van der Waals surface area contributed by atoms with Crippen molar-refractivity contribution in [1.29, 1.82) is 0 Å². The standard InChI is InChI=1S/C18H21N3O2/c1-12-16-7-4-8-20(16)9-10-21(12)18(22)14-11-13-5-3-6-15(13)19-17(14)23-2/h4,7-8,11-12H,3,5-6,9-10H2,1-2H3/t12-/m1/s1. The van der Waals surface area contributed by atoms with Gasteiger partial charge in [0.2, 0.25) is 5.88 Å². The topological polar surface area (TPSA) is 47.4 Å². The first kappa shape index (κ1) is 14.3. The largest absolute Gasteiger partial charge is 0.480 e. The van der Waals surface area contributed by atoms with Crippen molar-refractivity contribution in [1.82, 2.24) is 14.5 Å². The number of carbonyl (C=O) groups is 1. The normalized spacial score (nSPS) is 19.4. The molecule has 0 aromatic carbocycles. The minimum atomic E-state index is 0.0176. The molecule has 0 fully saturated rings. The van der Waals surface area contributed by atoms with Gasteiger partial charge in [-0.25, -0.2) is 4.98 Å². The highest BCUT2D eigenvalue weighted by molar-refractivity contribution is 5.97. The van der Waals surface area contributed by atoms with E-state index in [9.17, 15) is 4.79 Å². The van der Waals surface area contributed by atoms with E-state index in [1.807, 2.05) is 17.0 Å². The summed E-state index contributed by atoms with van der Waals surface area (Å²) in [7, 11) is 1.59. The molecule has 0 N–H and O–H groups in total. The maximum atomic E-state index is 13.1. The summed E-state index contributed by atoms with van der Waals surface area (Å²) in [4.78, 5) is 19.6. The molecule has 2 aromatic heterocycles. The van der Waals surface area contributed by atoms with E-state index in [-0.39, 0.29) is 11.9 Å². The minimum absolute atomic E-state index is 0.0176. The minimum Gasteiger partial charge on any atom is -0.480 e. The van der Waals surface area contributed by atoms with Crippen LogP contribution in [0.3, 0.4) is 0 Å². The summed E-state index contributed by atoms with van der Waals surface area (Å²) in [5, 5.41) is 0. The molecular weight excluding hydrogens is 290 g/mol. The molecule has 3 heterocycles. The zero-order valence-corrected chi connectivity index (χ0v) is 13.6. The number of aryl methyl sites for hydroxylation is 2. The van der Waals surface area contributed by atoms with Crippen LogP contribution in [-0.4, -0.2) is 34.0 Å². The Morgan fingerprint density at radius 2 is 2.22 bits per heavy atom. The Bertz CT molecular complexity index is 766. The van der Waals surface area contributed by atoms with E-state index < -0.39 is 0 Å². The van der Waals surface area contributed by atoms with Gasteiger partial charge in [-0.2, -0.15) is 0 Å². The number of fused-ring (bicyclic) bond motifs is 2. The Kier molecular flexibility index (Phi) is 3.36. The van der Waals surface area contributed by atoms with Gasteiger partial charge < -0.3 is 14.2 Å². The van der Waals surface area contributed by atoms with E-state index in [1.54, 1.807) is 7.11 Å². The highest BCUT2D eigenvalue weighted by atomic mass is 16.5. The zero-order valence-electron chi connectivity index (χ0n) is 13.6. The summed E-state index contributed by atoms with van der Waals surface area (Å²) >= 11 is 0.